The standard InChI is InChI=1S/C21H20B2FN7O11P2/c22-43(35)38-5-12-18(16(33)21(40-12)31-6-26-14-8(31)1-25-3-10(14)32)42-44(23,36)37-4-11-17(41-43)13(24)20(39-11)30-7-27-15-9(30)2-28-29-19(15)34/h1-2,6-7,11-13,16-18,20-21,33H,3-5H2,(H,29,34)/t11-,12-,13?,16+,17+,18?,20-,21-,43?,44?/m1/s1. The highest BCUT2D eigenvalue weighted by Crippen LogP contribution is 2.53. The van der Waals surface area contributed by atoms with Crippen LogP contribution in [-0.2, 0) is 36.7 Å². The summed E-state index contributed by atoms with van der Waals surface area (Å²) in [5.74, 6) is -0.353. The molecule has 2 N–H and O–H groups in total. The number of hydrogen-bond acceptors (Lipinski definition) is 15. The number of ketones is 1. The van der Waals surface area contributed by atoms with Crippen LogP contribution in [0.2, 0.25) is 0 Å². The smallest absolute Gasteiger partial charge is 0.292 e. The molecular formula is C21H20B2FN7O11P2. The van der Waals surface area contributed by atoms with E-state index in [1.165, 1.54) is 27.9 Å². The van der Waals surface area contributed by atoms with Crippen LogP contribution < -0.4 is 5.56 Å². The number of aliphatic hydroxyl groups excluding tert-OH is 1. The molecule has 0 amide bonds. The molecule has 3 aromatic rings. The minimum absolute atomic E-state index is 0.0509. The Labute approximate surface area is 248 Å². The van der Waals surface area contributed by atoms with Crippen molar-refractivity contribution in [2.24, 2.45) is 4.99 Å². The lowest BCUT2D eigenvalue weighted by molar-refractivity contribution is -0.0568. The van der Waals surface area contributed by atoms with Crippen molar-refractivity contribution in [2.75, 3.05) is 19.8 Å². The van der Waals surface area contributed by atoms with Gasteiger partial charge in [0.1, 0.15) is 42.8 Å². The molecule has 7 heterocycles. The highest BCUT2D eigenvalue weighted by Gasteiger charge is 2.53. The van der Waals surface area contributed by atoms with Gasteiger partial charge in [-0.2, -0.15) is 5.10 Å². The van der Waals surface area contributed by atoms with Crippen molar-refractivity contribution in [1.29, 1.82) is 0 Å². The number of rotatable bonds is 2. The number of ether oxygens (including phenoxy) is 2. The zero-order valence-electron chi connectivity index (χ0n) is 22.2. The molecule has 0 aromatic carbocycles. The normalized spacial score (nSPS) is 39.4. The zero-order chi connectivity index (χ0) is 31.0. The lowest BCUT2D eigenvalue weighted by Crippen LogP contribution is -2.38. The molecular weight excluding hydrogens is 629 g/mol. The third kappa shape index (κ3) is 5.15. The third-order valence-electron chi connectivity index (χ3n) is 7.44. The lowest BCUT2D eigenvalue weighted by Gasteiger charge is -2.30. The molecule has 18 nitrogen and oxygen atoms in total. The van der Waals surface area contributed by atoms with E-state index in [2.05, 4.69) is 25.2 Å². The van der Waals surface area contributed by atoms with Crippen molar-refractivity contribution in [1.82, 2.24) is 29.3 Å². The summed E-state index contributed by atoms with van der Waals surface area (Å²) in [7, 11) is 2.54. The Hall–Kier alpha value is -2.86. The first-order valence-electron chi connectivity index (χ1n) is 13.0. The summed E-state index contributed by atoms with van der Waals surface area (Å²) in [5, 5.41) is 17.1. The summed E-state index contributed by atoms with van der Waals surface area (Å²) in [4.78, 5) is 36.2. The molecule has 3 fully saturated rings. The Morgan fingerprint density at radius 1 is 0.977 bits per heavy atom. The summed E-state index contributed by atoms with van der Waals surface area (Å²) >= 11 is 0. The summed E-state index contributed by atoms with van der Waals surface area (Å²) in [6.07, 6.45) is -7.47. The molecule has 7 rings (SSSR count). The van der Waals surface area contributed by atoms with Crippen LogP contribution >= 0.6 is 14.9 Å². The monoisotopic (exact) mass is 649 g/mol. The number of aromatic amines is 1. The summed E-state index contributed by atoms with van der Waals surface area (Å²) < 4.78 is 78.0. The number of hydrogen-bond donors (Lipinski definition) is 2. The van der Waals surface area contributed by atoms with Crippen molar-refractivity contribution in [2.45, 2.75) is 49.1 Å². The fraction of sp³-hybridized carbons (Fsp3) is 0.524. The molecule has 4 unspecified atom stereocenters. The van der Waals surface area contributed by atoms with Crippen molar-refractivity contribution in [3.05, 3.63) is 40.6 Å². The molecule has 4 radical (unpaired) electrons. The molecule has 0 saturated carbocycles. The predicted octanol–water partition coefficient (Wildman–Crippen LogP) is -0.504. The maximum atomic E-state index is 15.9. The van der Waals surface area contributed by atoms with Crippen molar-refractivity contribution >= 4 is 53.1 Å². The van der Waals surface area contributed by atoms with Gasteiger partial charge in [-0.1, -0.05) is 0 Å². The second-order valence-corrected chi connectivity index (χ2v) is 13.3. The molecule has 0 aliphatic carbocycles. The first kappa shape index (κ1) is 29.8. The van der Waals surface area contributed by atoms with Gasteiger partial charge < -0.3 is 32.7 Å². The Balaban J connectivity index is 1.16. The van der Waals surface area contributed by atoms with Gasteiger partial charge in [-0.15, -0.1) is 0 Å². The van der Waals surface area contributed by atoms with E-state index in [-0.39, 0.29) is 34.7 Å². The van der Waals surface area contributed by atoms with Gasteiger partial charge in [0.25, 0.3) is 20.5 Å². The minimum Gasteiger partial charge on any atom is -0.386 e. The molecule has 23 heteroatoms. The SMILES string of the molecule is [B]P1(=O)OC[C@H]2O[C@@H](n3cnc4c(=O)[nH]ncc43)C(F)[C@H]2OP([B])(=O)OC[C@H]2O[C@@H](n3cnc4c3C=NCC4=O)[C@@H](O)C2O1. The van der Waals surface area contributed by atoms with Gasteiger partial charge in [0.2, 0.25) is 20.9 Å². The number of Topliss-reactive ketones (excluding diaryl/α,β-unsaturated/α-hetero) is 1. The van der Waals surface area contributed by atoms with Gasteiger partial charge in [0.15, 0.2) is 24.1 Å². The molecule has 44 heavy (non-hydrogen) atoms. The van der Waals surface area contributed by atoms with E-state index in [0.717, 1.165) is 6.33 Å². The quantitative estimate of drug-likeness (QED) is 0.264. The predicted molar refractivity (Wildman–Crippen MR) is 144 cm³/mol. The van der Waals surface area contributed by atoms with E-state index in [1.807, 2.05) is 0 Å². The van der Waals surface area contributed by atoms with Gasteiger partial charge >= 0.3 is 0 Å². The van der Waals surface area contributed by atoms with Crippen LogP contribution in [0, 0.1) is 0 Å². The minimum atomic E-state index is -4.58. The summed E-state index contributed by atoms with van der Waals surface area (Å²) in [6, 6.07) is 0. The number of imidazole rings is 2. The Morgan fingerprint density at radius 2 is 1.64 bits per heavy atom. The van der Waals surface area contributed by atoms with Crippen LogP contribution in [0.4, 0.5) is 4.39 Å². The van der Waals surface area contributed by atoms with Gasteiger partial charge in [0.05, 0.1) is 43.3 Å². The van der Waals surface area contributed by atoms with Crippen LogP contribution in [0.25, 0.3) is 11.0 Å². The molecule has 4 aliphatic rings. The number of fused-ring (bicyclic) bond motifs is 4. The molecule has 3 aromatic heterocycles. The maximum Gasteiger partial charge on any atom is 0.292 e. The van der Waals surface area contributed by atoms with Crippen LogP contribution in [-0.4, -0.2) is 118 Å². The molecule has 0 bridgehead atoms. The number of aromatic nitrogens is 6. The number of halogens is 1. The number of H-pyrrole nitrogens is 1. The number of carbonyl (C=O) groups is 1. The first-order chi connectivity index (χ1) is 20.9. The van der Waals surface area contributed by atoms with E-state index < -0.39 is 82.9 Å². The number of aliphatic hydroxyl groups is 1. The Morgan fingerprint density at radius 3 is 2.39 bits per heavy atom. The van der Waals surface area contributed by atoms with Crippen molar-refractivity contribution < 1.29 is 51.0 Å². The van der Waals surface area contributed by atoms with E-state index >= 15 is 4.39 Å². The third-order valence-corrected chi connectivity index (χ3v) is 9.54. The number of carbonyl (C=O) groups excluding carboxylic acids is 1. The van der Waals surface area contributed by atoms with Crippen molar-refractivity contribution in [3.8, 4) is 0 Å². The fourth-order valence-electron chi connectivity index (χ4n) is 5.43. The van der Waals surface area contributed by atoms with Gasteiger partial charge in [0, 0.05) is 6.21 Å². The fourth-order valence-corrected chi connectivity index (χ4v) is 7.46. The lowest BCUT2D eigenvalue weighted by atomic mass is 10.1. The highest BCUT2D eigenvalue weighted by atomic mass is 31.2. The Bertz CT molecular complexity index is 1820. The number of nitrogens with zero attached hydrogens (tertiary/aromatic N) is 6. The summed E-state index contributed by atoms with van der Waals surface area (Å²) in [6.45, 7) is -1.48. The van der Waals surface area contributed by atoms with Crippen LogP contribution in [0.15, 0.2) is 28.6 Å². The largest absolute Gasteiger partial charge is 0.386 e. The molecule has 4 aliphatic heterocycles. The first-order valence-corrected chi connectivity index (χ1v) is 16.2. The maximum absolute atomic E-state index is 15.9. The molecule has 10 atom stereocenters. The van der Waals surface area contributed by atoms with Crippen molar-refractivity contribution in [3.63, 3.8) is 0 Å². The van der Waals surface area contributed by atoms with E-state index in [4.69, 9.17) is 42.7 Å². The Kier molecular flexibility index (Phi) is 7.38. The number of aliphatic imine (C=N–C) groups is 1. The average molecular weight is 649 g/mol. The van der Waals surface area contributed by atoms with E-state index in [0.29, 0.717) is 0 Å². The van der Waals surface area contributed by atoms with E-state index in [1.54, 1.807) is 0 Å². The van der Waals surface area contributed by atoms with E-state index in [9.17, 15) is 23.8 Å². The molecule has 228 valence electrons. The van der Waals surface area contributed by atoms with Gasteiger partial charge in [-0.3, -0.25) is 32.8 Å². The highest BCUT2D eigenvalue weighted by molar-refractivity contribution is 7.79. The van der Waals surface area contributed by atoms with Crippen LogP contribution in [0.5, 0.6) is 0 Å². The van der Waals surface area contributed by atoms with Crippen LogP contribution in [0.3, 0.4) is 0 Å². The topological polar surface area (TPSA) is 221 Å². The number of nitrogens with one attached hydrogen (secondary N) is 1. The summed E-state index contributed by atoms with van der Waals surface area (Å²) in [5.41, 5.74) is -0.228. The number of alkyl halides is 1. The second-order valence-electron chi connectivity index (χ2n) is 10.2. The molecule has 0 spiro atoms. The average Bonchev–Trinajstić information content (AvgIpc) is 3.73. The van der Waals surface area contributed by atoms with Gasteiger partial charge in [-0.25, -0.2) is 19.5 Å². The van der Waals surface area contributed by atoms with Gasteiger partial charge in [-0.05, 0) is 0 Å². The van der Waals surface area contributed by atoms with Crippen LogP contribution in [0.1, 0.15) is 28.6 Å². The molecule has 3 saturated heterocycles. The zero-order valence-corrected chi connectivity index (χ0v) is 24.0. The second kappa shape index (κ2) is 10.9.